The van der Waals surface area contributed by atoms with Gasteiger partial charge in [-0.1, -0.05) is 26.0 Å². The number of carbonyl (C=O) groups excluding carboxylic acids is 1. The number of nitrogens with one attached hydrogen (secondary N) is 1. The number of aryl methyl sites for hydroxylation is 1. The summed E-state index contributed by atoms with van der Waals surface area (Å²) < 4.78 is 0. The van der Waals surface area contributed by atoms with Gasteiger partial charge in [-0.2, -0.15) is 0 Å². The average Bonchev–Trinajstić information content (AvgIpc) is 2.26. The minimum atomic E-state index is 0.0747. The van der Waals surface area contributed by atoms with Crippen molar-refractivity contribution < 1.29 is 4.79 Å². The largest absolute Gasteiger partial charge is 0.330 e. The molecule has 0 aliphatic heterocycles. The van der Waals surface area contributed by atoms with Crippen molar-refractivity contribution in [3.05, 3.63) is 29.8 Å². The van der Waals surface area contributed by atoms with Crippen LogP contribution in [0.2, 0.25) is 0 Å². The van der Waals surface area contributed by atoms with E-state index < -0.39 is 0 Å². The Kier molecular flexibility index (Phi) is 5.35. The first-order valence-electron chi connectivity index (χ1n) is 6.49. The maximum absolute atomic E-state index is 11.8. The lowest BCUT2D eigenvalue weighted by Crippen LogP contribution is -2.20. The van der Waals surface area contributed by atoms with Gasteiger partial charge < -0.3 is 11.1 Å². The maximum Gasteiger partial charge on any atom is 0.224 e. The summed E-state index contributed by atoms with van der Waals surface area (Å²) in [5, 5.41) is 2.93. The van der Waals surface area contributed by atoms with Crippen LogP contribution in [0.5, 0.6) is 0 Å². The number of hydrogen-bond acceptors (Lipinski definition) is 2. The second-order valence-electron chi connectivity index (χ2n) is 5.62. The van der Waals surface area contributed by atoms with Crippen molar-refractivity contribution in [3.8, 4) is 0 Å². The van der Waals surface area contributed by atoms with Crippen LogP contribution in [0.15, 0.2) is 24.3 Å². The molecule has 0 bridgehead atoms. The summed E-state index contributed by atoms with van der Waals surface area (Å²) in [6.07, 6.45) is 2.35. The summed E-state index contributed by atoms with van der Waals surface area (Å²) in [6.45, 7) is 6.99. The van der Waals surface area contributed by atoms with E-state index in [-0.39, 0.29) is 11.3 Å². The molecule has 1 aromatic carbocycles. The van der Waals surface area contributed by atoms with E-state index >= 15 is 0 Å². The Bertz CT molecular complexity index is 399. The first kappa shape index (κ1) is 14.7. The van der Waals surface area contributed by atoms with Gasteiger partial charge in [-0.05, 0) is 49.4 Å². The number of benzene rings is 1. The van der Waals surface area contributed by atoms with Gasteiger partial charge >= 0.3 is 0 Å². The fourth-order valence-electron chi connectivity index (χ4n) is 1.91. The molecule has 0 aliphatic rings. The van der Waals surface area contributed by atoms with E-state index in [0.29, 0.717) is 13.0 Å². The molecule has 0 fully saturated rings. The molecule has 100 valence electrons. The summed E-state index contributed by atoms with van der Waals surface area (Å²) in [5.74, 6) is 0.0747. The summed E-state index contributed by atoms with van der Waals surface area (Å²) in [6, 6.07) is 7.85. The van der Waals surface area contributed by atoms with E-state index in [1.807, 2.05) is 31.2 Å². The van der Waals surface area contributed by atoms with Crippen LogP contribution in [0.4, 0.5) is 5.69 Å². The number of nitrogens with two attached hydrogens (primary N) is 1. The second-order valence-corrected chi connectivity index (χ2v) is 5.62. The van der Waals surface area contributed by atoms with Crippen LogP contribution in [0.3, 0.4) is 0 Å². The van der Waals surface area contributed by atoms with E-state index in [1.54, 1.807) is 0 Å². The molecule has 1 aromatic rings. The summed E-state index contributed by atoms with van der Waals surface area (Å²) >= 11 is 0. The zero-order valence-electron chi connectivity index (χ0n) is 11.6. The van der Waals surface area contributed by atoms with Gasteiger partial charge in [0, 0.05) is 12.1 Å². The zero-order chi connectivity index (χ0) is 13.6. The van der Waals surface area contributed by atoms with Gasteiger partial charge in [-0.15, -0.1) is 0 Å². The molecule has 0 saturated heterocycles. The first-order chi connectivity index (χ1) is 8.43. The Morgan fingerprint density at radius 3 is 2.67 bits per heavy atom. The topological polar surface area (TPSA) is 55.1 Å². The Hall–Kier alpha value is -1.35. The molecule has 0 unspecified atom stereocenters. The third kappa shape index (κ3) is 5.32. The standard InChI is InChI=1S/C15H24N2O/c1-12-5-4-6-13(11-12)17-14(18)7-8-15(2,3)9-10-16/h4-6,11H,7-10,16H2,1-3H3,(H,17,18). The van der Waals surface area contributed by atoms with Crippen molar-refractivity contribution in [2.24, 2.45) is 11.1 Å². The highest BCUT2D eigenvalue weighted by molar-refractivity contribution is 5.90. The van der Waals surface area contributed by atoms with Crippen LogP contribution in [-0.2, 0) is 4.79 Å². The molecule has 0 aromatic heterocycles. The summed E-state index contributed by atoms with van der Waals surface area (Å²) in [4.78, 5) is 11.8. The number of carbonyl (C=O) groups is 1. The van der Waals surface area contributed by atoms with Crippen molar-refractivity contribution in [3.63, 3.8) is 0 Å². The molecule has 3 nitrogen and oxygen atoms in total. The fraction of sp³-hybridized carbons (Fsp3) is 0.533. The van der Waals surface area contributed by atoms with Gasteiger partial charge in [0.2, 0.25) is 5.91 Å². The Labute approximate surface area is 110 Å². The molecule has 0 radical (unpaired) electrons. The molecule has 0 atom stereocenters. The van der Waals surface area contributed by atoms with Gasteiger partial charge in [0.05, 0.1) is 0 Å². The van der Waals surface area contributed by atoms with Gasteiger partial charge in [-0.25, -0.2) is 0 Å². The molecule has 0 heterocycles. The highest BCUT2D eigenvalue weighted by atomic mass is 16.1. The quantitative estimate of drug-likeness (QED) is 0.812. The molecular weight excluding hydrogens is 224 g/mol. The van der Waals surface area contributed by atoms with Gasteiger partial charge in [0.1, 0.15) is 0 Å². The predicted octanol–water partition coefficient (Wildman–Crippen LogP) is 3.09. The van der Waals surface area contributed by atoms with Crippen LogP contribution in [0.1, 0.15) is 38.7 Å². The van der Waals surface area contributed by atoms with E-state index in [0.717, 1.165) is 24.1 Å². The monoisotopic (exact) mass is 248 g/mol. The SMILES string of the molecule is Cc1cccc(NC(=O)CCC(C)(C)CCN)c1. The highest BCUT2D eigenvalue weighted by Crippen LogP contribution is 2.26. The average molecular weight is 248 g/mol. The molecular formula is C15H24N2O. The second kappa shape index (κ2) is 6.55. The molecule has 3 heteroatoms. The molecule has 3 N–H and O–H groups in total. The minimum Gasteiger partial charge on any atom is -0.330 e. The maximum atomic E-state index is 11.8. The number of amides is 1. The molecule has 0 aliphatic carbocycles. The Morgan fingerprint density at radius 1 is 1.33 bits per heavy atom. The summed E-state index contributed by atoms with van der Waals surface area (Å²) in [7, 11) is 0. The third-order valence-electron chi connectivity index (χ3n) is 3.15. The fourth-order valence-corrected chi connectivity index (χ4v) is 1.91. The molecule has 1 amide bonds. The van der Waals surface area contributed by atoms with E-state index in [1.165, 1.54) is 0 Å². The summed E-state index contributed by atoms with van der Waals surface area (Å²) in [5.41, 5.74) is 7.72. The Morgan fingerprint density at radius 2 is 2.06 bits per heavy atom. The lowest BCUT2D eigenvalue weighted by Gasteiger charge is -2.23. The molecule has 18 heavy (non-hydrogen) atoms. The van der Waals surface area contributed by atoms with Gasteiger partial charge in [-0.3, -0.25) is 4.79 Å². The number of rotatable bonds is 6. The molecule has 0 spiro atoms. The van der Waals surface area contributed by atoms with Crippen LogP contribution >= 0.6 is 0 Å². The van der Waals surface area contributed by atoms with Crippen molar-refractivity contribution in [2.75, 3.05) is 11.9 Å². The highest BCUT2D eigenvalue weighted by Gasteiger charge is 2.18. The zero-order valence-corrected chi connectivity index (χ0v) is 11.6. The number of anilines is 1. The van der Waals surface area contributed by atoms with Gasteiger partial charge in [0.15, 0.2) is 0 Å². The lowest BCUT2D eigenvalue weighted by atomic mass is 9.84. The molecule has 0 saturated carbocycles. The van der Waals surface area contributed by atoms with Crippen LogP contribution in [-0.4, -0.2) is 12.5 Å². The van der Waals surface area contributed by atoms with Crippen molar-refractivity contribution in [1.29, 1.82) is 0 Å². The first-order valence-corrected chi connectivity index (χ1v) is 6.49. The van der Waals surface area contributed by atoms with E-state index in [2.05, 4.69) is 19.2 Å². The Balaban J connectivity index is 2.43. The predicted molar refractivity (Wildman–Crippen MR) is 76.5 cm³/mol. The van der Waals surface area contributed by atoms with Crippen molar-refractivity contribution in [1.82, 2.24) is 0 Å². The van der Waals surface area contributed by atoms with Crippen molar-refractivity contribution in [2.45, 2.75) is 40.0 Å². The van der Waals surface area contributed by atoms with Crippen molar-refractivity contribution >= 4 is 11.6 Å². The lowest BCUT2D eigenvalue weighted by molar-refractivity contribution is -0.116. The third-order valence-corrected chi connectivity index (χ3v) is 3.15. The van der Waals surface area contributed by atoms with Gasteiger partial charge in [0.25, 0.3) is 0 Å². The van der Waals surface area contributed by atoms with Crippen LogP contribution in [0.25, 0.3) is 0 Å². The minimum absolute atomic E-state index is 0.0747. The molecule has 1 rings (SSSR count). The van der Waals surface area contributed by atoms with Crippen LogP contribution in [0, 0.1) is 12.3 Å². The smallest absolute Gasteiger partial charge is 0.224 e. The van der Waals surface area contributed by atoms with Crippen LogP contribution < -0.4 is 11.1 Å². The normalized spacial score (nSPS) is 11.3. The number of hydrogen-bond donors (Lipinski definition) is 2. The van der Waals surface area contributed by atoms with E-state index in [4.69, 9.17) is 5.73 Å². The van der Waals surface area contributed by atoms with E-state index in [9.17, 15) is 4.79 Å².